The summed E-state index contributed by atoms with van der Waals surface area (Å²) in [4.78, 5) is 0. The van der Waals surface area contributed by atoms with Gasteiger partial charge in [0.05, 0.1) is 13.2 Å². The summed E-state index contributed by atoms with van der Waals surface area (Å²) in [5, 5.41) is 11.6. The van der Waals surface area contributed by atoms with E-state index in [2.05, 4.69) is 10.1 Å². The number of halogens is 3. The summed E-state index contributed by atoms with van der Waals surface area (Å²) in [6, 6.07) is -0.0653. The van der Waals surface area contributed by atoms with Crippen molar-refractivity contribution in [1.82, 2.24) is 5.32 Å². The highest BCUT2D eigenvalue weighted by atomic mass is 19.4. The second kappa shape index (κ2) is 7.03. The lowest BCUT2D eigenvalue weighted by Gasteiger charge is -2.14. The van der Waals surface area contributed by atoms with Gasteiger partial charge >= 0.3 is 6.18 Å². The first-order valence-corrected chi connectivity index (χ1v) is 4.48. The molecular weight excluding hydrogens is 199 g/mol. The molecule has 0 radical (unpaired) electrons. The number of rotatable bonds is 7. The van der Waals surface area contributed by atoms with Gasteiger partial charge in [-0.3, -0.25) is 0 Å². The Morgan fingerprint density at radius 2 is 2.07 bits per heavy atom. The lowest BCUT2D eigenvalue weighted by molar-refractivity contribution is -0.173. The van der Waals surface area contributed by atoms with Crippen LogP contribution in [0.1, 0.15) is 13.3 Å². The summed E-state index contributed by atoms with van der Waals surface area (Å²) < 4.78 is 39.1. The van der Waals surface area contributed by atoms with E-state index in [9.17, 15) is 13.2 Å². The molecule has 0 aliphatic carbocycles. The highest BCUT2D eigenvalue weighted by molar-refractivity contribution is 4.61. The summed E-state index contributed by atoms with van der Waals surface area (Å²) in [6.45, 7) is 0.954. The third kappa shape index (κ3) is 8.28. The largest absolute Gasteiger partial charge is 0.411 e. The lowest BCUT2D eigenvalue weighted by Crippen LogP contribution is -2.34. The monoisotopic (exact) mass is 215 g/mol. The fourth-order valence-corrected chi connectivity index (χ4v) is 0.861. The molecular formula is C8H16F3NO2. The van der Waals surface area contributed by atoms with Crippen LogP contribution >= 0.6 is 0 Å². The van der Waals surface area contributed by atoms with Crippen molar-refractivity contribution in [2.45, 2.75) is 25.6 Å². The Bertz CT molecular complexity index is 137. The maximum Gasteiger partial charge on any atom is 0.411 e. The molecule has 0 heterocycles. The van der Waals surface area contributed by atoms with Crippen molar-refractivity contribution in [1.29, 1.82) is 0 Å². The van der Waals surface area contributed by atoms with E-state index in [-0.39, 0.29) is 19.3 Å². The minimum Gasteiger partial charge on any atom is -0.395 e. The maximum atomic E-state index is 11.6. The minimum absolute atomic E-state index is 0.00396. The molecule has 3 nitrogen and oxygen atoms in total. The number of aliphatic hydroxyl groups is 1. The molecule has 0 amide bonds. The first kappa shape index (κ1) is 13.7. The van der Waals surface area contributed by atoms with Gasteiger partial charge in [-0.25, -0.2) is 0 Å². The second-order valence-electron chi connectivity index (χ2n) is 2.91. The van der Waals surface area contributed by atoms with Gasteiger partial charge in [0.15, 0.2) is 0 Å². The van der Waals surface area contributed by atoms with E-state index >= 15 is 0 Å². The zero-order valence-corrected chi connectivity index (χ0v) is 8.10. The van der Waals surface area contributed by atoms with Crippen LogP contribution in [0.5, 0.6) is 0 Å². The van der Waals surface area contributed by atoms with Crippen molar-refractivity contribution in [3.63, 3.8) is 0 Å². The lowest BCUT2D eigenvalue weighted by atomic mass is 10.2. The van der Waals surface area contributed by atoms with Crippen LogP contribution in [0.2, 0.25) is 0 Å². The Labute approximate surface area is 81.2 Å². The third-order valence-corrected chi connectivity index (χ3v) is 1.66. The number of aliphatic hydroxyl groups excluding tert-OH is 1. The average molecular weight is 215 g/mol. The highest BCUT2D eigenvalue weighted by Gasteiger charge is 2.27. The highest BCUT2D eigenvalue weighted by Crippen LogP contribution is 2.13. The van der Waals surface area contributed by atoms with Crippen molar-refractivity contribution >= 4 is 0 Å². The Kier molecular flexibility index (Phi) is 6.86. The van der Waals surface area contributed by atoms with Crippen LogP contribution in [-0.2, 0) is 4.74 Å². The summed E-state index contributed by atoms with van der Waals surface area (Å²) in [5.41, 5.74) is 0. The molecule has 0 aliphatic heterocycles. The molecule has 0 spiro atoms. The van der Waals surface area contributed by atoms with E-state index < -0.39 is 12.8 Å². The van der Waals surface area contributed by atoms with Crippen LogP contribution in [0.25, 0.3) is 0 Å². The summed E-state index contributed by atoms with van der Waals surface area (Å²) in [5.74, 6) is 0. The second-order valence-corrected chi connectivity index (χ2v) is 2.91. The molecule has 0 rings (SSSR count). The van der Waals surface area contributed by atoms with Gasteiger partial charge in [0.2, 0.25) is 0 Å². The number of alkyl halides is 3. The van der Waals surface area contributed by atoms with E-state index in [0.717, 1.165) is 6.42 Å². The zero-order valence-electron chi connectivity index (χ0n) is 8.10. The molecule has 0 aromatic heterocycles. The first-order valence-electron chi connectivity index (χ1n) is 4.48. The van der Waals surface area contributed by atoms with Crippen molar-refractivity contribution in [3.05, 3.63) is 0 Å². The van der Waals surface area contributed by atoms with Gasteiger partial charge < -0.3 is 15.2 Å². The smallest absolute Gasteiger partial charge is 0.395 e. The van der Waals surface area contributed by atoms with Gasteiger partial charge in [0.1, 0.15) is 6.61 Å². The summed E-state index contributed by atoms with van der Waals surface area (Å²) >= 11 is 0. The standard InChI is InChI=1S/C8H16F3NO2/c1-2-7(5-13)12-3-4-14-6-8(9,10)11/h7,12-13H,2-6H2,1H3. The molecule has 14 heavy (non-hydrogen) atoms. The Morgan fingerprint density at radius 3 is 2.50 bits per heavy atom. The van der Waals surface area contributed by atoms with E-state index in [1.165, 1.54) is 0 Å². The average Bonchev–Trinajstić information content (AvgIpc) is 2.09. The normalized spacial score (nSPS) is 14.4. The Hall–Kier alpha value is -0.330. The predicted molar refractivity (Wildman–Crippen MR) is 46.0 cm³/mol. The first-order chi connectivity index (χ1) is 6.49. The molecule has 0 saturated heterocycles. The molecule has 0 saturated carbocycles. The predicted octanol–water partition coefficient (Wildman–Crippen LogP) is 0.926. The van der Waals surface area contributed by atoms with Gasteiger partial charge in [-0.15, -0.1) is 0 Å². The summed E-state index contributed by atoms with van der Waals surface area (Å²) in [7, 11) is 0. The Morgan fingerprint density at radius 1 is 1.43 bits per heavy atom. The van der Waals surface area contributed by atoms with Crippen molar-refractivity contribution in [2.75, 3.05) is 26.4 Å². The molecule has 86 valence electrons. The van der Waals surface area contributed by atoms with Crippen LogP contribution in [0.3, 0.4) is 0 Å². The van der Waals surface area contributed by atoms with Crippen LogP contribution in [0.4, 0.5) is 13.2 Å². The van der Waals surface area contributed by atoms with E-state index in [4.69, 9.17) is 5.11 Å². The fraction of sp³-hybridized carbons (Fsp3) is 1.00. The van der Waals surface area contributed by atoms with Gasteiger partial charge in [-0.05, 0) is 6.42 Å². The SMILES string of the molecule is CCC(CO)NCCOCC(F)(F)F. The Balaban J connectivity index is 3.29. The van der Waals surface area contributed by atoms with Gasteiger partial charge in [-0.1, -0.05) is 6.92 Å². The zero-order chi connectivity index (χ0) is 11.0. The molecule has 0 aromatic rings. The van der Waals surface area contributed by atoms with E-state index in [1.807, 2.05) is 6.92 Å². The molecule has 6 heteroatoms. The van der Waals surface area contributed by atoms with Crippen molar-refractivity contribution in [2.24, 2.45) is 0 Å². The van der Waals surface area contributed by atoms with E-state index in [1.54, 1.807) is 0 Å². The number of hydrogen-bond donors (Lipinski definition) is 2. The van der Waals surface area contributed by atoms with Crippen LogP contribution in [0.15, 0.2) is 0 Å². The molecule has 0 fully saturated rings. The molecule has 1 atom stereocenters. The molecule has 2 N–H and O–H groups in total. The molecule has 1 unspecified atom stereocenters. The van der Waals surface area contributed by atoms with E-state index in [0.29, 0.717) is 6.54 Å². The molecule has 0 aliphatic rings. The third-order valence-electron chi connectivity index (χ3n) is 1.66. The minimum atomic E-state index is -4.26. The van der Waals surface area contributed by atoms with Gasteiger partial charge in [0.25, 0.3) is 0 Å². The van der Waals surface area contributed by atoms with Crippen LogP contribution in [-0.4, -0.2) is 43.7 Å². The summed E-state index contributed by atoms with van der Waals surface area (Å²) in [6.07, 6.45) is -3.53. The van der Waals surface area contributed by atoms with Crippen molar-refractivity contribution in [3.8, 4) is 0 Å². The van der Waals surface area contributed by atoms with Crippen molar-refractivity contribution < 1.29 is 23.0 Å². The number of hydrogen-bond acceptors (Lipinski definition) is 3. The van der Waals surface area contributed by atoms with Crippen LogP contribution in [0, 0.1) is 0 Å². The molecule has 0 aromatic carbocycles. The maximum absolute atomic E-state index is 11.6. The van der Waals surface area contributed by atoms with Gasteiger partial charge in [0, 0.05) is 12.6 Å². The van der Waals surface area contributed by atoms with Gasteiger partial charge in [-0.2, -0.15) is 13.2 Å². The topological polar surface area (TPSA) is 41.5 Å². The van der Waals surface area contributed by atoms with Crippen LogP contribution < -0.4 is 5.32 Å². The number of nitrogens with one attached hydrogen (secondary N) is 1. The molecule has 0 bridgehead atoms. The number of ether oxygens (including phenoxy) is 1. The quantitative estimate of drug-likeness (QED) is 0.621. The fourth-order valence-electron chi connectivity index (χ4n) is 0.861.